The molecule has 4 nitrogen and oxygen atoms in total. The Hall–Kier alpha value is -1.69. The number of thiophene rings is 1. The molecule has 0 N–H and O–H groups in total. The Morgan fingerprint density at radius 3 is 2.90 bits per heavy atom. The third kappa shape index (κ3) is 2.72. The van der Waals surface area contributed by atoms with Gasteiger partial charge < -0.3 is 0 Å². The fourth-order valence-electron chi connectivity index (χ4n) is 1.94. The smallest absolute Gasteiger partial charge is 0.271 e. The van der Waals surface area contributed by atoms with E-state index in [0.717, 1.165) is 0 Å². The van der Waals surface area contributed by atoms with Crippen LogP contribution in [0.5, 0.6) is 0 Å². The second kappa shape index (κ2) is 5.60. The van der Waals surface area contributed by atoms with Gasteiger partial charge in [0.15, 0.2) is 5.78 Å². The molecule has 0 saturated heterocycles. The lowest BCUT2D eigenvalue weighted by molar-refractivity contribution is 0.0971. The zero-order valence-electron chi connectivity index (χ0n) is 10.5. The van der Waals surface area contributed by atoms with Gasteiger partial charge in [0.2, 0.25) is 0 Å². The molecule has 0 spiro atoms. The number of hydrogen-bond acceptors (Lipinski definition) is 4. The summed E-state index contributed by atoms with van der Waals surface area (Å²) in [5, 5.41) is 2.52. The Kier molecular flexibility index (Phi) is 3.80. The van der Waals surface area contributed by atoms with Crippen LogP contribution in [0.1, 0.15) is 10.4 Å². The van der Waals surface area contributed by atoms with Crippen LogP contribution in [0.3, 0.4) is 0 Å². The molecule has 0 amide bonds. The van der Waals surface area contributed by atoms with Crippen LogP contribution < -0.4 is 5.56 Å². The Morgan fingerprint density at radius 1 is 1.29 bits per heavy atom. The first-order chi connectivity index (χ1) is 10.1. The molecule has 2 heterocycles. The monoisotopic (exact) mass is 338 g/mol. The molecule has 106 valence electrons. The van der Waals surface area contributed by atoms with Crippen LogP contribution in [0.2, 0.25) is 10.0 Å². The molecule has 7 heteroatoms. The van der Waals surface area contributed by atoms with Crippen LogP contribution in [0.15, 0.2) is 40.8 Å². The van der Waals surface area contributed by atoms with Gasteiger partial charge in [0.1, 0.15) is 4.70 Å². The maximum absolute atomic E-state index is 12.3. The number of hydrogen-bond donors (Lipinski definition) is 0. The van der Waals surface area contributed by atoms with Gasteiger partial charge in [-0.2, -0.15) is 0 Å². The Balaban J connectivity index is 1.98. The van der Waals surface area contributed by atoms with Gasteiger partial charge in [-0.3, -0.25) is 14.2 Å². The molecule has 2 aromatic heterocycles. The predicted octanol–water partition coefficient (Wildman–Crippen LogP) is 3.65. The van der Waals surface area contributed by atoms with Crippen molar-refractivity contribution in [3.05, 3.63) is 61.9 Å². The number of carbonyl (C=O) groups excluding carboxylic acids is 1. The van der Waals surface area contributed by atoms with E-state index in [4.69, 9.17) is 23.2 Å². The largest absolute Gasteiger partial charge is 0.292 e. The SMILES string of the molecule is O=C(Cn1cnc2ccsc2c1=O)c1cc(Cl)ccc1Cl. The van der Waals surface area contributed by atoms with Crippen LogP contribution in [0, 0.1) is 0 Å². The fourth-order valence-corrected chi connectivity index (χ4v) is 3.13. The molecular weight excluding hydrogens is 331 g/mol. The Labute approximate surface area is 133 Å². The number of carbonyl (C=O) groups is 1. The van der Waals surface area contributed by atoms with Crippen LogP contribution in [0.4, 0.5) is 0 Å². The van der Waals surface area contributed by atoms with E-state index >= 15 is 0 Å². The molecule has 0 atom stereocenters. The zero-order valence-corrected chi connectivity index (χ0v) is 12.9. The number of nitrogens with zero attached hydrogens (tertiary/aromatic N) is 2. The van der Waals surface area contributed by atoms with E-state index in [1.807, 2.05) is 0 Å². The summed E-state index contributed by atoms with van der Waals surface area (Å²) in [5.74, 6) is -0.290. The van der Waals surface area contributed by atoms with Gasteiger partial charge in [-0.15, -0.1) is 11.3 Å². The van der Waals surface area contributed by atoms with Gasteiger partial charge in [0.05, 0.1) is 23.4 Å². The normalized spacial score (nSPS) is 11.0. The summed E-state index contributed by atoms with van der Waals surface area (Å²) in [6.45, 7) is -0.125. The topological polar surface area (TPSA) is 52.0 Å². The molecule has 0 unspecified atom stereocenters. The summed E-state index contributed by atoms with van der Waals surface area (Å²) in [6, 6.07) is 6.42. The first-order valence-corrected chi connectivity index (χ1v) is 7.61. The number of Topliss-reactive ketones (excluding diaryl/α,β-unsaturated/α-hetero) is 1. The van der Waals surface area contributed by atoms with Crippen molar-refractivity contribution in [1.82, 2.24) is 9.55 Å². The van der Waals surface area contributed by atoms with E-state index in [2.05, 4.69) is 4.98 Å². The first-order valence-electron chi connectivity index (χ1n) is 5.97. The zero-order chi connectivity index (χ0) is 15.0. The van der Waals surface area contributed by atoms with Crippen LogP contribution in [-0.2, 0) is 6.54 Å². The molecule has 0 aliphatic carbocycles. The lowest BCUT2D eigenvalue weighted by Gasteiger charge is -2.06. The van der Waals surface area contributed by atoms with Gasteiger partial charge in [-0.05, 0) is 29.6 Å². The van der Waals surface area contributed by atoms with Crippen molar-refractivity contribution >= 4 is 50.5 Å². The average molecular weight is 339 g/mol. The van der Waals surface area contributed by atoms with Gasteiger partial charge in [-0.1, -0.05) is 23.2 Å². The lowest BCUT2D eigenvalue weighted by atomic mass is 10.1. The number of fused-ring (bicyclic) bond motifs is 1. The van der Waals surface area contributed by atoms with Crippen LogP contribution in [-0.4, -0.2) is 15.3 Å². The highest BCUT2D eigenvalue weighted by Gasteiger charge is 2.14. The summed E-state index contributed by atoms with van der Waals surface area (Å²) < 4.78 is 1.81. The van der Waals surface area contributed by atoms with E-state index < -0.39 is 0 Å². The second-order valence-corrected chi connectivity index (χ2v) is 6.12. The fraction of sp³-hybridized carbons (Fsp3) is 0.0714. The highest BCUT2D eigenvalue weighted by molar-refractivity contribution is 7.17. The second-order valence-electron chi connectivity index (χ2n) is 4.36. The number of rotatable bonds is 3. The van der Waals surface area contributed by atoms with E-state index in [-0.39, 0.29) is 17.9 Å². The lowest BCUT2D eigenvalue weighted by Crippen LogP contribution is -2.24. The van der Waals surface area contributed by atoms with Crippen molar-refractivity contribution in [3.63, 3.8) is 0 Å². The molecule has 0 fully saturated rings. The van der Waals surface area contributed by atoms with Gasteiger partial charge in [-0.25, -0.2) is 4.98 Å². The van der Waals surface area contributed by atoms with Crippen molar-refractivity contribution in [3.8, 4) is 0 Å². The van der Waals surface area contributed by atoms with Crippen LogP contribution in [0.25, 0.3) is 10.2 Å². The van der Waals surface area contributed by atoms with E-state index in [9.17, 15) is 9.59 Å². The summed E-state index contributed by atoms with van der Waals surface area (Å²) in [4.78, 5) is 28.7. The maximum atomic E-state index is 12.3. The molecule has 0 aliphatic rings. The minimum Gasteiger partial charge on any atom is -0.292 e. The highest BCUT2D eigenvalue weighted by atomic mass is 35.5. The Morgan fingerprint density at radius 2 is 2.10 bits per heavy atom. The number of ketones is 1. The van der Waals surface area contributed by atoms with Gasteiger partial charge in [0, 0.05) is 10.6 Å². The quantitative estimate of drug-likeness (QED) is 0.685. The van der Waals surface area contributed by atoms with E-state index in [0.29, 0.717) is 25.8 Å². The molecule has 3 rings (SSSR count). The molecule has 21 heavy (non-hydrogen) atoms. The summed E-state index contributed by atoms with van der Waals surface area (Å²) >= 11 is 13.2. The van der Waals surface area contributed by atoms with E-state index in [1.54, 1.807) is 23.6 Å². The molecule has 3 aromatic rings. The standard InChI is InChI=1S/C14H8Cl2N2O2S/c15-8-1-2-10(16)9(5-8)12(19)6-18-7-17-11-3-4-21-13(11)14(18)20/h1-5,7H,6H2. The van der Waals surface area contributed by atoms with Crippen molar-refractivity contribution in [1.29, 1.82) is 0 Å². The summed E-state index contributed by atoms with van der Waals surface area (Å²) in [7, 11) is 0. The van der Waals surface area contributed by atoms with Crippen molar-refractivity contribution < 1.29 is 4.79 Å². The van der Waals surface area contributed by atoms with Crippen LogP contribution >= 0.6 is 34.5 Å². The van der Waals surface area contributed by atoms with Gasteiger partial charge in [0.25, 0.3) is 5.56 Å². The Bertz CT molecular complexity index is 901. The summed E-state index contributed by atoms with van der Waals surface area (Å²) in [5.41, 5.74) is 0.693. The molecule has 0 saturated carbocycles. The molecule has 1 aromatic carbocycles. The molecule has 0 aliphatic heterocycles. The number of benzene rings is 1. The van der Waals surface area contributed by atoms with Gasteiger partial charge >= 0.3 is 0 Å². The number of aromatic nitrogens is 2. The highest BCUT2D eigenvalue weighted by Crippen LogP contribution is 2.21. The molecule has 0 bridgehead atoms. The van der Waals surface area contributed by atoms with Crippen molar-refractivity contribution in [2.75, 3.05) is 0 Å². The van der Waals surface area contributed by atoms with E-state index in [1.165, 1.54) is 28.3 Å². The van der Waals surface area contributed by atoms with Crippen molar-refractivity contribution in [2.24, 2.45) is 0 Å². The molecular formula is C14H8Cl2N2O2S. The first kappa shape index (κ1) is 14.3. The number of halogens is 2. The third-order valence-corrected chi connectivity index (χ3v) is 4.43. The predicted molar refractivity (Wildman–Crippen MR) is 84.7 cm³/mol. The minimum atomic E-state index is -0.290. The minimum absolute atomic E-state index is 0.125. The summed E-state index contributed by atoms with van der Waals surface area (Å²) in [6.07, 6.45) is 1.37. The maximum Gasteiger partial charge on any atom is 0.271 e. The third-order valence-electron chi connectivity index (χ3n) is 2.98. The van der Waals surface area contributed by atoms with Crippen molar-refractivity contribution in [2.45, 2.75) is 6.54 Å². The molecule has 0 radical (unpaired) electrons. The average Bonchev–Trinajstić information content (AvgIpc) is 2.93.